The Balaban J connectivity index is 1.27. The minimum absolute atomic E-state index is 0.236. The highest BCUT2D eigenvalue weighted by molar-refractivity contribution is 7.89. The van der Waals surface area contributed by atoms with Crippen LogP contribution in [-0.2, 0) is 10.0 Å². The molecule has 1 saturated heterocycles. The number of ether oxygens (including phenoxy) is 2. The van der Waals surface area contributed by atoms with Crippen LogP contribution in [0.3, 0.4) is 0 Å². The van der Waals surface area contributed by atoms with Gasteiger partial charge >= 0.3 is 0 Å². The van der Waals surface area contributed by atoms with E-state index in [1.165, 1.54) is 16.4 Å². The zero-order valence-corrected chi connectivity index (χ0v) is 19.0. The molecule has 0 aromatic heterocycles. The highest BCUT2D eigenvalue weighted by Gasteiger charge is 2.26. The molecule has 3 aromatic rings. The molecule has 0 aliphatic carbocycles. The molecule has 4 rings (SSSR count). The number of rotatable bonds is 9. The second kappa shape index (κ2) is 10.5. The first-order valence-corrected chi connectivity index (χ1v) is 12.3. The van der Waals surface area contributed by atoms with Gasteiger partial charge in [0.25, 0.3) is 5.91 Å². The summed E-state index contributed by atoms with van der Waals surface area (Å²) >= 11 is 0. The molecule has 0 saturated carbocycles. The number of carbonyl (C=O) groups is 1. The second-order valence-electron chi connectivity index (χ2n) is 7.62. The lowest BCUT2D eigenvalue weighted by Crippen LogP contribution is -2.27. The van der Waals surface area contributed by atoms with Crippen molar-refractivity contribution in [1.29, 1.82) is 0 Å². The van der Waals surface area contributed by atoms with E-state index in [4.69, 9.17) is 9.47 Å². The van der Waals surface area contributed by atoms with E-state index in [2.05, 4.69) is 5.32 Å². The van der Waals surface area contributed by atoms with Crippen molar-refractivity contribution < 1.29 is 22.7 Å². The van der Waals surface area contributed by atoms with E-state index in [0.717, 1.165) is 18.6 Å². The Labute approximate surface area is 194 Å². The number of sulfonamides is 1. The predicted octanol–water partition coefficient (Wildman–Crippen LogP) is 4.18. The van der Waals surface area contributed by atoms with Crippen LogP contribution in [0.15, 0.2) is 83.8 Å². The van der Waals surface area contributed by atoms with Crippen molar-refractivity contribution in [2.75, 3.05) is 31.6 Å². The van der Waals surface area contributed by atoms with Crippen LogP contribution in [0.2, 0.25) is 0 Å². The Hall–Kier alpha value is -3.36. The molecule has 7 nitrogen and oxygen atoms in total. The van der Waals surface area contributed by atoms with Gasteiger partial charge in [0.2, 0.25) is 10.0 Å². The maximum atomic E-state index is 12.6. The van der Waals surface area contributed by atoms with Crippen molar-refractivity contribution in [2.45, 2.75) is 17.7 Å². The first-order chi connectivity index (χ1) is 16.0. The van der Waals surface area contributed by atoms with Crippen LogP contribution in [0.5, 0.6) is 11.5 Å². The molecular weight excluding hydrogens is 440 g/mol. The van der Waals surface area contributed by atoms with Gasteiger partial charge in [-0.3, -0.25) is 4.79 Å². The summed E-state index contributed by atoms with van der Waals surface area (Å²) in [5, 5.41) is 2.79. The number of benzene rings is 3. The maximum absolute atomic E-state index is 12.6. The summed E-state index contributed by atoms with van der Waals surface area (Å²) in [5.41, 5.74) is 0.996. The van der Waals surface area contributed by atoms with Crippen molar-refractivity contribution >= 4 is 21.6 Å². The third-order valence-corrected chi connectivity index (χ3v) is 7.21. The molecule has 0 spiro atoms. The Bertz CT molecular complexity index is 1160. The first kappa shape index (κ1) is 22.8. The third-order valence-electron chi connectivity index (χ3n) is 5.30. The van der Waals surface area contributed by atoms with Gasteiger partial charge in [-0.15, -0.1) is 0 Å². The smallest absolute Gasteiger partial charge is 0.255 e. The molecule has 0 unspecified atom stereocenters. The summed E-state index contributed by atoms with van der Waals surface area (Å²) < 4.78 is 37.9. The van der Waals surface area contributed by atoms with Crippen LogP contribution >= 0.6 is 0 Å². The SMILES string of the molecule is O=C(Nc1ccc(S(=O)(=O)N2CCCC2)cc1)c1ccc(OCCOc2ccccc2)cc1. The van der Waals surface area contributed by atoms with Gasteiger partial charge in [0.15, 0.2) is 0 Å². The topological polar surface area (TPSA) is 84.9 Å². The molecule has 1 aliphatic heterocycles. The van der Waals surface area contributed by atoms with Crippen LogP contribution in [0.1, 0.15) is 23.2 Å². The molecule has 33 heavy (non-hydrogen) atoms. The Kier molecular flexibility index (Phi) is 7.26. The van der Waals surface area contributed by atoms with E-state index < -0.39 is 10.0 Å². The van der Waals surface area contributed by atoms with Crippen LogP contribution in [0, 0.1) is 0 Å². The lowest BCUT2D eigenvalue weighted by molar-refractivity contribution is 0.102. The maximum Gasteiger partial charge on any atom is 0.255 e. The summed E-state index contributed by atoms with van der Waals surface area (Å²) in [6.07, 6.45) is 1.78. The number of anilines is 1. The zero-order chi connectivity index (χ0) is 23.1. The van der Waals surface area contributed by atoms with Gasteiger partial charge in [-0.1, -0.05) is 18.2 Å². The fourth-order valence-corrected chi connectivity index (χ4v) is 5.05. The Morgan fingerprint density at radius 3 is 1.97 bits per heavy atom. The van der Waals surface area contributed by atoms with Gasteiger partial charge in [0, 0.05) is 24.3 Å². The van der Waals surface area contributed by atoms with Crippen molar-refractivity contribution in [3.05, 3.63) is 84.4 Å². The molecular formula is C25H26N2O5S. The summed E-state index contributed by atoms with van der Waals surface area (Å²) in [5.74, 6) is 1.14. The van der Waals surface area contributed by atoms with Gasteiger partial charge in [-0.25, -0.2) is 8.42 Å². The van der Waals surface area contributed by atoms with Crippen LogP contribution in [0.4, 0.5) is 5.69 Å². The largest absolute Gasteiger partial charge is 0.490 e. The summed E-state index contributed by atoms with van der Waals surface area (Å²) in [7, 11) is -3.47. The molecule has 0 bridgehead atoms. The number of nitrogens with zero attached hydrogens (tertiary/aromatic N) is 1. The molecule has 0 radical (unpaired) electrons. The highest BCUT2D eigenvalue weighted by Crippen LogP contribution is 2.22. The number of hydrogen-bond donors (Lipinski definition) is 1. The summed E-state index contributed by atoms with van der Waals surface area (Å²) in [6, 6.07) is 22.6. The molecule has 1 fully saturated rings. The van der Waals surface area contributed by atoms with Gasteiger partial charge in [0.05, 0.1) is 4.90 Å². The molecule has 1 heterocycles. The normalized spacial score (nSPS) is 14.1. The van der Waals surface area contributed by atoms with Crippen molar-refractivity contribution in [2.24, 2.45) is 0 Å². The molecule has 1 N–H and O–H groups in total. The van der Waals surface area contributed by atoms with E-state index in [0.29, 0.717) is 43.3 Å². The molecule has 3 aromatic carbocycles. The summed E-state index contributed by atoms with van der Waals surface area (Å²) in [4.78, 5) is 12.8. The van der Waals surface area contributed by atoms with Crippen LogP contribution < -0.4 is 14.8 Å². The van der Waals surface area contributed by atoms with E-state index in [-0.39, 0.29) is 10.8 Å². The fourth-order valence-electron chi connectivity index (χ4n) is 3.53. The van der Waals surface area contributed by atoms with Crippen LogP contribution in [-0.4, -0.2) is 44.9 Å². The van der Waals surface area contributed by atoms with Crippen LogP contribution in [0.25, 0.3) is 0 Å². The van der Waals surface area contributed by atoms with E-state index in [1.54, 1.807) is 36.4 Å². The highest BCUT2D eigenvalue weighted by atomic mass is 32.2. The predicted molar refractivity (Wildman–Crippen MR) is 126 cm³/mol. The van der Waals surface area contributed by atoms with Gasteiger partial charge in [0.1, 0.15) is 24.7 Å². The first-order valence-electron chi connectivity index (χ1n) is 10.8. The number of para-hydroxylation sites is 1. The Morgan fingerprint density at radius 1 is 0.788 bits per heavy atom. The number of carbonyl (C=O) groups excluding carboxylic acids is 1. The van der Waals surface area contributed by atoms with Crippen molar-refractivity contribution in [3.63, 3.8) is 0 Å². The van der Waals surface area contributed by atoms with E-state index in [1.807, 2.05) is 30.3 Å². The monoisotopic (exact) mass is 466 g/mol. The summed E-state index contributed by atoms with van der Waals surface area (Å²) in [6.45, 7) is 1.91. The number of nitrogens with one attached hydrogen (secondary N) is 1. The number of hydrogen-bond acceptors (Lipinski definition) is 5. The van der Waals surface area contributed by atoms with Gasteiger partial charge in [-0.2, -0.15) is 4.31 Å². The fraction of sp³-hybridized carbons (Fsp3) is 0.240. The minimum Gasteiger partial charge on any atom is -0.490 e. The van der Waals surface area contributed by atoms with E-state index >= 15 is 0 Å². The molecule has 172 valence electrons. The van der Waals surface area contributed by atoms with Gasteiger partial charge < -0.3 is 14.8 Å². The van der Waals surface area contributed by atoms with Gasteiger partial charge in [-0.05, 0) is 73.5 Å². The number of amides is 1. The standard InChI is InChI=1S/C25H26N2O5S/c28-25(26-21-10-14-24(15-11-21)33(29,30)27-16-4-5-17-27)20-8-12-23(13-9-20)32-19-18-31-22-6-2-1-3-7-22/h1-3,6-15H,4-5,16-19H2,(H,26,28). The lowest BCUT2D eigenvalue weighted by Gasteiger charge is -2.15. The van der Waals surface area contributed by atoms with Crippen molar-refractivity contribution in [1.82, 2.24) is 4.31 Å². The van der Waals surface area contributed by atoms with Crippen molar-refractivity contribution in [3.8, 4) is 11.5 Å². The molecule has 1 aliphatic rings. The third kappa shape index (κ3) is 5.91. The van der Waals surface area contributed by atoms with E-state index in [9.17, 15) is 13.2 Å². The zero-order valence-electron chi connectivity index (χ0n) is 18.1. The molecule has 8 heteroatoms. The second-order valence-corrected chi connectivity index (χ2v) is 9.56. The minimum atomic E-state index is -3.47. The average Bonchev–Trinajstić information content (AvgIpc) is 3.39. The quantitative estimate of drug-likeness (QED) is 0.478. The lowest BCUT2D eigenvalue weighted by atomic mass is 10.2. The molecule has 0 atom stereocenters. The average molecular weight is 467 g/mol. The molecule has 1 amide bonds. The Morgan fingerprint density at radius 2 is 1.36 bits per heavy atom.